The molecule has 0 N–H and O–H groups in total. The van der Waals surface area contributed by atoms with Crippen molar-refractivity contribution < 1.29 is 4.79 Å². The number of carbonyl (C=O) groups is 1. The first-order valence-electron chi connectivity index (χ1n) is 6.46. The van der Waals surface area contributed by atoms with Crippen molar-refractivity contribution in [1.29, 1.82) is 0 Å². The van der Waals surface area contributed by atoms with E-state index in [1.165, 1.54) is 6.42 Å². The summed E-state index contributed by atoms with van der Waals surface area (Å²) in [5, 5.41) is 0. The molecule has 2 aromatic heterocycles. The molecule has 4 heteroatoms. The molecule has 1 unspecified atom stereocenters. The zero-order valence-electron chi connectivity index (χ0n) is 10.5. The lowest BCUT2D eigenvalue weighted by Crippen LogP contribution is -2.19. The van der Waals surface area contributed by atoms with E-state index in [0.717, 1.165) is 37.3 Å². The first-order chi connectivity index (χ1) is 8.80. The number of aldehydes is 1. The highest BCUT2D eigenvalue weighted by molar-refractivity contribution is 5.74. The largest absolute Gasteiger partial charge is 0.306 e. The molecule has 18 heavy (non-hydrogen) atoms. The minimum atomic E-state index is 0.532. The van der Waals surface area contributed by atoms with E-state index in [2.05, 4.69) is 23.0 Å². The van der Waals surface area contributed by atoms with Gasteiger partial charge in [0.2, 0.25) is 0 Å². The Labute approximate surface area is 106 Å². The van der Waals surface area contributed by atoms with E-state index >= 15 is 0 Å². The Hall–Kier alpha value is -1.68. The number of rotatable bonds is 3. The van der Waals surface area contributed by atoms with Crippen molar-refractivity contribution in [3.05, 3.63) is 35.8 Å². The number of likely N-dealkylation sites (tertiary alicyclic amines) is 1. The zero-order valence-corrected chi connectivity index (χ0v) is 10.5. The van der Waals surface area contributed by atoms with Crippen LogP contribution in [0.4, 0.5) is 0 Å². The Morgan fingerprint density at radius 2 is 2.33 bits per heavy atom. The van der Waals surface area contributed by atoms with E-state index in [1.54, 1.807) is 0 Å². The lowest BCUT2D eigenvalue weighted by atomic mass is 10.1. The summed E-state index contributed by atoms with van der Waals surface area (Å²) in [6.45, 7) is 5.57. The average Bonchev–Trinajstić information content (AvgIpc) is 3.03. The molecule has 4 nitrogen and oxygen atoms in total. The van der Waals surface area contributed by atoms with Crippen LogP contribution in [0, 0.1) is 0 Å². The first kappa shape index (κ1) is 11.4. The molecule has 1 atom stereocenters. The van der Waals surface area contributed by atoms with E-state index in [9.17, 15) is 4.79 Å². The highest BCUT2D eigenvalue weighted by Gasteiger charge is 2.24. The van der Waals surface area contributed by atoms with Crippen LogP contribution in [-0.2, 0) is 0 Å². The fourth-order valence-corrected chi connectivity index (χ4v) is 2.66. The van der Waals surface area contributed by atoms with Crippen LogP contribution in [0.5, 0.6) is 0 Å². The minimum Gasteiger partial charge on any atom is -0.306 e. The Kier molecular flexibility index (Phi) is 2.88. The molecule has 2 aromatic rings. The van der Waals surface area contributed by atoms with Gasteiger partial charge in [-0.05, 0) is 31.6 Å². The monoisotopic (exact) mass is 243 g/mol. The number of pyridine rings is 1. The smallest absolute Gasteiger partial charge is 0.151 e. The molecule has 0 amide bonds. The normalized spacial score (nSPS) is 20.6. The molecule has 1 aliphatic rings. The third-order valence-corrected chi connectivity index (χ3v) is 3.77. The van der Waals surface area contributed by atoms with Crippen LogP contribution in [0.3, 0.4) is 0 Å². The number of aromatic nitrogens is 2. The van der Waals surface area contributed by atoms with Crippen molar-refractivity contribution in [3.8, 4) is 0 Å². The molecule has 3 heterocycles. The maximum absolute atomic E-state index is 10.8. The molecule has 0 radical (unpaired) electrons. The third-order valence-electron chi connectivity index (χ3n) is 3.77. The molecule has 0 aliphatic carbocycles. The van der Waals surface area contributed by atoms with Gasteiger partial charge in [-0.3, -0.25) is 4.79 Å². The number of carbonyl (C=O) groups excluding carboxylic acids is 1. The summed E-state index contributed by atoms with van der Waals surface area (Å²) in [4.78, 5) is 17.9. The molecule has 0 bridgehead atoms. The topological polar surface area (TPSA) is 37.6 Å². The molecular weight excluding hydrogens is 226 g/mol. The Bertz CT molecular complexity index is 575. The van der Waals surface area contributed by atoms with Gasteiger partial charge in [0.25, 0.3) is 0 Å². The van der Waals surface area contributed by atoms with Crippen LogP contribution >= 0.6 is 0 Å². The average molecular weight is 243 g/mol. The van der Waals surface area contributed by atoms with Crippen molar-refractivity contribution in [2.24, 2.45) is 0 Å². The summed E-state index contributed by atoms with van der Waals surface area (Å²) in [5.74, 6) is 0.532. The standard InChI is InChI=1S/C14H17N3O/c1-2-16-6-5-12(8-16)13-9-17-7-11(10-18)3-4-14(17)15-13/h3-4,7,9-10,12H,2,5-6,8H2,1H3. The van der Waals surface area contributed by atoms with Crippen LogP contribution in [0.15, 0.2) is 24.5 Å². The predicted octanol–water partition coefficient (Wildman–Crippen LogP) is 1.96. The second-order valence-corrected chi connectivity index (χ2v) is 4.89. The number of imidazole rings is 1. The quantitative estimate of drug-likeness (QED) is 0.773. The van der Waals surface area contributed by atoms with E-state index in [-0.39, 0.29) is 0 Å². The van der Waals surface area contributed by atoms with Gasteiger partial charge in [-0.1, -0.05) is 6.92 Å². The summed E-state index contributed by atoms with van der Waals surface area (Å²) >= 11 is 0. The Morgan fingerprint density at radius 1 is 1.44 bits per heavy atom. The van der Waals surface area contributed by atoms with Crippen molar-refractivity contribution >= 4 is 11.9 Å². The van der Waals surface area contributed by atoms with E-state index in [4.69, 9.17) is 0 Å². The van der Waals surface area contributed by atoms with E-state index in [0.29, 0.717) is 11.5 Å². The van der Waals surface area contributed by atoms with Gasteiger partial charge in [0.15, 0.2) is 6.29 Å². The maximum Gasteiger partial charge on any atom is 0.151 e. The van der Waals surface area contributed by atoms with Crippen LogP contribution in [0.1, 0.15) is 35.3 Å². The molecule has 0 spiro atoms. The van der Waals surface area contributed by atoms with Crippen molar-refractivity contribution in [1.82, 2.24) is 14.3 Å². The first-order valence-corrected chi connectivity index (χ1v) is 6.46. The van der Waals surface area contributed by atoms with Gasteiger partial charge in [0, 0.05) is 30.4 Å². The fraction of sp³-hybridized carbons (Fsp3) is 0.429. The second kappa shape index (κ2) is 4.53. The Morgan fingerprint density at radius 3 is 3.06 bits per heavy atom. The number of nitrogens with zero attached hydrogens (tertiary/aromatic N) is 3. The molecule has 1 saturated heterocycles. The molecular formula is C14H17N3O. The fourth-order valence-electron chi connectivity index (χ4n) is 2.66. The van der Waals surface area contributed by atoms with Crippen molar-refractivity contribution in [3.63, 3.8) is 0 Å². The van der Waals surface area contributed by atoms with E-state index in [1.807, 2.05) is 22.7 Å². The van der Waals surface area contributed by atoms with Gasteiger partial charge in [0.05, 0.1) is 5.69 Å². The number of hydrogen-bond donors (Lipinski definition) is 0. The number of fused-ring (bicyclic) bond motifs is 1. The second-order valence-electron chi connectivity index (χ2n) is 4.89. The van der Waals surface area contributed by atoms with Gasteiger partial charge in [-0.15, -0.1) is 0 Å². The van der Waals surface area contributed by atoms with Gasteiger partial charge in [-0.25, -0.2) is 4.98 Å². The van der Waals surface area contributed by atoms with Gasteiger partial charge < -0.3 is 9.30 Å². The highest BCUT2D eigenvalue weighted by Crippen LogP contribution is 2.26. The minimum absolute atomic E-state index is 0.532. The lowest BCUT2D eigenvalue weighted by molar-refractivity contribution is 0.112. The molecule has 94 valence electrons. The van der Waals surface area contributed by atoms with E-state index < -0.39 is 0 Å². The van der Waals surface area contributed by atoms with Gasteiger partial charge in [-0.2, -0.15) is 0 Å². The Balaban J connectivity index is 1.91. The van der Waals surface area contributed by atoms with Crippen molar-refractivity contribution in [2.45, 2.75) is 19.3 Å². The van der Waals surface area contributed by atoms with Crippen LogP contribution < -0.4 is 0 Å². The maximum atomic E-state index is 10.8. The summed E-state index contributed by atoms with van der Waals surface area (Å²) in [6.07, 6.45) is 5.95. The van der Waals surface area contributed by atoms with Crippen LogP contribution in [-0.4, -0.2) is 40.2 Å². The highest BCUT2D eigenvalue weighted by atomic mass is 16.1. The third kappa shape index (κ3) is 1.93. The van der Waals surface area contributed by atoms with Gasteiger partial charge >= 0.3 is 0 Å². The SMILES string of the molecule is CCN1CCC(c2cn3cc(C=O)ccc3n2)C1. The van der Waals surface area contributed by atoms with Crippen LogP contribution in [0.2, 0.25) is 0 Å². The number of likely N-dealkylation sites (N-methyl/N-ethyl adjacent to an activating group) is 1. The van der Waals surface area contributed by atoms with Gasteiger partial charge in [0.1, 0.15) is 5.65 Å². The summed E-state index contributed by atoms with van der Waals surface area (Å²) in [5.41, 5.74) is 2.76. The molecule has 0 saturated carbocycles. The lowest BCUT2D eigenvalue weighted by Gasteiger charge is -2.11. The molecule has 1 aliphatic heterocycles. The zero-order chi connectivity index (χ0) is 12.5. The summed E-state index contributed by atoms with van der Waals surface area (Å²) < 4.78 is 1.95. The predicted molar refractivity (Wildman–Crippen MR) is 70.1 cm³/mol. The molecule has 1 fully saturated rings. The van der Waals surface area contributed by atoms with Crippen LogP contribution in [0.25, 0.3) is 5.65 Å². The number of hydrogen-bond acceptors (Lipinski definition) is 3. The summed E-state index contributed by atoms with van der Waals surface area (Å²) in [7, 11) is 0. The molecule has 0 aromatic carbocycles. The summed E-state index contributed by atoms with van der Waals surface area (Å²) in [6, 6.07) is 3.71. The van der Waals surface area contributed by atoms with Crippen molar-refractivity contribution in [2.75, 3.05) is 19.6 Å². The molecule has 3 rings (SSSR count).